The van der Waals surface area contributed by atoms with Crippen molar-refractivity contribution in [1.82, 2.24) is 10.3 Å². The van der Waals surface area contributed by atoms with E-state index in [0.717, 1.165) is 24.8 Å². The number of nitrogens with one attached hydrogen (secondary N) is 1. The lowest BCUT2D eigenvalue weighted by atomic mass is 9.70. The highest BCUT2D eigenvalue weighted by Gasteiger charge is 2.43. The van der Waals surface area contributed by atoms with Crippen LogP contribution in [0.3, 0.4) is 0 Å². The molecule has 2 heterocycles. The van der Waals surface area contributed by atoms with E-state index >= 15 is 0 Å². The Hall–Kier alpha value is -2.07. The lowest BCUT2D eigenvalue weighted by molar-refractivity contribution is -0.155. The molecule has 1 fully saturated rings. The molecule has 9 heteroatoms. The topological polar surface area (TPSA) is 142 Å². The monoisotopic (exact) mass is 564 g/mol. The average molecular weight is 565 g/mol. The van der Waals surface area contributed by atoms with Crippen LogP contribution in [0.25, 0.3) is 6.08 Å². The van der Waals surface area contributed by atoms with Crippen LogP contribution in [0, 0.1) is 35.5 Å². The highest BCUT2D eigenvalue weighted by molar-refractivity contribution is 5.88. The van der Waals surface area contributed by atoms with E-state index in [0.29, 0.717) is 31.1 Å². The summed E-state index contributed by atoms with van der Waals surface area (Å²) in [5.74, 6) is -1.05. The van der Waals surface area contributed by atoms with Gasteiger partial charge in [-0.1, -0.05) is 48.0 Å². The molecule has 4 N–H and O–H groups in total. The largest absolute Gasteiger partial charge is 0.458 e. The molecule has 0 spiro atoms. The first-order valence-electron chi connectivity index (χ1n) is 14.6. The maximum atomic E-state index is 13.4. The molecule has 228 valence electrons. The molecular formula is C31H52N2O7. The quantitative estimate of drug-likeness (QED) is 0.297. The summed E-state index contributed by atoms with van der Waals surface area (Å²) in [7, 11) is 0. The molecule has 2 rings (SSSR count). The minimum atomic E-state index is -1.27. The highest BCUT2D eigenvalue weighted by Crippen LogP contribution is 2.39. The number of aliphatic hydroxyl groups is 3. The minimum absolute atomic E-state index is 0.0238. The second kappa shape index (κ2) is 14.7. The van der Waals surface area contributed by atoms with Crippen LogP contribution in [0.4, 0.5) is 0 Å². The van der Waals surface area contributed by atoms with Gasteiger partial charge in [0.05, 0.1) is 30.7 Å². The van der Waals surface area contributed by atoms with Gasteiger partial charge >= 0.3 is 5.97 Å². The van der Waals surface area contributed by atoms with Gasteiger partial charge in [0.1, 0.15) is 23.8 Å². The summed E-state index contributed by atoms with van der Waals surface area (Å²) in [5, 5.41) is 34.7. The van der Waals surface area contributed by atoms with E-state index in [2.05, 4.69) is 24.1 Å². The van der Waals surface area contributed by atoms with E-state index in [9.17, 15) is 24.9 Å². The Kier molecular flexibility index (Phi) is 12.6. The van der Waals surface area contributed by atoms with Crippen molar-refractivity contribution in [2.24, 2.45) is 28.6 Å². The van der Waals surface area contributed by atoms with Crippen molar-refractivity contribution in [3.63, 3.8) is 0 Å². The Morgan fingerprint density at radius 1 is 1.20 bits per heavy atom. The van der Waals surface area contributed by atoms with Crippen LogP contribution in [0.5, 0.6) is 0 Å². The number of aryl methyl sites for hydroxylation is 1. The molecule has 40 heavy (non-hydrogen) atoms. The van der Waals surface area contributed by atoms with Crippen LogP contribution in [-0.2, 0) is 14.3 Å². The molecule has 6 atom stereocenters. The first-order valence-corrected chi connectivity index (χ1v) is 14.6. The fraction of sp³-hybridized carbons (Fsp3) is 0.774. The van der Waals surface area contributed by atoms with Crippen molar-refractivity contribution >= 4 is 17.8 Å². The number of esters is 1. The van der Waals surface area contributed by atoms with Gasteiger partial charge in [0, 0.05) is 19.4 Å². The van der Waals surface area contributed by atoms with Crippen molar-refractivity contribution in [3.8, 4) is 0 Å². The van der Waals surface area contributed by atoms with E-state index in [4.69, 9.17) is 9.15 Å². The van der Waals surface area contributed by atoms with Crippen LogP contribution < -0.4 is 5.32 Å². The molecule has 1 aromatic rings. The zero-order valence-electron chi connectivity index (χ0n) is 25.7. The Morgan fingerprint density at radius 3 is 2.48 bits per heavy atom. The molecule has 1 aliphatic heterocycles. The van der Waals surface area contributed by atoms with Crippen LogP contribution in [0.2, 0.25) is 0 Å². The van der Waals surface area contributed by atoms with Crippen molar-refractivity contribution in [1.29, 1.82) is 0 Å². The Balaban J connectivity index is 2.48. The van der Waals surface area contributed by atoms with Gasteiger partial charge in [-0.15, -0.1) is 0 Å². The summed E-state index contributed by atoms with van der Waals surface area (Å²) < 4.78 is 11.4. The van der Waals surface area contributed by atoms with Gasteiger partial charge in [0.2, 0.25) is 0 Å². The summed E-state index contributed by atoms with van der Waals surface area (Å²) in [6, 6.07) is 0. The van der Waals surface area contributed by atoms with Crippen LogP contribution in [-0.4, -0.2) is 70.1 Å². The molecule has 0 bridgehead atoms. The molecule has 0 amide bonds. The van der Waals surface area contributed by atoms with E-state index < -0.39 is 35.6 Å². The van der Waals surface area contributed by atoms with Gasteiger partial charge < -0.3 is 29.8 Å². The van der Waals surface area contributed by atoms with Gasteiger partial charge in [-0.3, -0.25) is 9.59 Å². The molecule has 0 unspecified atom stereocenters. The molecule has 0 aromatic carbocycles. The summed E-state index contributed by atoms with van der Waals surface area (Å²) in [5.41, 5.74) is 0.0115. The maximum Gasteiger partial charge on any atom is 0.309 e. The number of Topliss-reactive ketones (excluding diaryl/α,β-unsaturated/α-hetero) is 1. The number of rotatable bonds is 6. The number of nitrogens with zero attached hydrogens (tertiary/aromatic N) is 1. The minimum Gasteiger partial charge on any atom is -0.458 e. The second-order valence-electron chi connectivity index (χ2n) is 13.0. The maximum absolute atomic E-state index is 13.4. The van der Waals surface area contributed by atoms with E-state index in [1.54, 1.807) is 34.0 Å². The lowest BCUT2D eigenvalue weighted by Gasteiger charge is -2.38. The zero-order chi connectivity index (χ0) is 30.3. The summed E-state index contributed by atoms with van der Waals surface area (Å²) in [6.07, 6.45) is 3.33. The van der Waals surface area contributed by atoms with Gasteiger partial charge in [0.25, 0.3) is 0 Å². The van der Waals surface area contributed by atoms with Crippen molar-refractivity contribution < 1.29 is 34.1 Å². The number of aromatic nitrogens is 1. The molecule has 9 nitrogen and oxygen atoms in total. The smallest absolute Gasteiger partial charge is 0.309 e. The number of carbonyl (C=O) groups is 2. The van der Waals surface area contributed by atoms with E-state index in [1.165, 1.54) is 0 Å². The molecule has 0 aliphatic carbocycles. The fourth-order valence-electron chi connectivity index (χ4n) is 5.67. The number of hydrogen-bond donors (Lipinski definition) is 4. The number of oxazole rings is 1. The number of hydrogen-bond acceptors (Lipinski definition) is 9. The Bertz CT molecular complexity index is 1000. The predicted octanol–water partition coefficient (Wildman–Crippen LogP) is 4.08. The van der Waals surface area contributed by atoms with E-state index in [1.807, 2.05) is 19.9 Å². The third-order valence-electron chi connectivity index (χ3n) is 8.89. The van der Waals surface area contributed by atoms with Crippen LogP contribution >= 0.6 is 0 Å². The van der Waals surface area contributed by atoms with Gasteiger partial charge in [0.15, 0.2) is 5.89 Å². The van der Waals surface area contributed by atoms with Crippen molar-refractivity contribution in [3.05, 3.63) is 23.4 Å². The first kappa shape index (κ1) is 34.1. The highest BCUT2D eigenvalue weighted by atomic mass is 16.5. The van der Waals surface area contributed by atoms with Crippen LogP contribution in [0.15, 0.2) is 16.3 Å². The normalized spacial score (nSPS) is 31.1. The standard InChI is InChI=1S/C31H52N2O7/c1-19-10-9-11-30(5,6)23(17-32-12-13-34)15-25(20(2)14-24-18-39-22(4)33-24)40-27(36)16-26(35)31(7,8)29(38)21(3)28(19)37/h14,18-19,21,23,25-26,28,32,34-35,37H,9-13,15-17H2,1-8H3/b20-14+/t19-,21+,23+,25-,26-,28-/m0/s1. The van der Waals surface area contributed by atoms with Crippen molar-refractivity contribution in [2.75, 3.05) is 19.7 Å². The SMILES string of the molecule is C/C(=C\c1coc(C)n1)[C@@H]1C[C@H](CNCCO)C(C)(C)CCC[C@H](C)[C@H](O)[C@@H](C)C(=O)C(C)(C)[C@@H](O)CC(=O)O1. The molecule has 1 aliphatic rings. The Morgan fingerprint density at radius 2 is 1.88 bits per heavy atom. The number of ketones is 1. The van der Waals surface area contributed by atoms with Crippen LogP contribution in [0.1, 0.15) is 92.2 Å². The third kappa shape index (κ3) is 9.23. The average Bonchev–Trinajstić information content (AvgIpc) is 3.29. The summed E-state index contributed by atoms with van der Waals surface area (Å²) in [4.78, 5) is 30.9. The number of ether oxygens (including phenoxy) is 1. The van der Waals surface area contributed by atoms with Crippen molar-refractivity contribution in [2.45, 2.75) is 106 Å². The molecule has 0 saturated carbocycles. The summed E-state index contributed by atoms with van der Waals surface area (Å²) in [6.45, 7) is 16.0. The van der Waals surface area contributed by atoms with E-state index in [-0.39, 0.29) is 36.1 Å². The second-order valence-corrected chi connectivity index (χ2v) is 13.0. The Labute approximate surface area is 239 Å². The molecule has 1 aromatic heterocycles. The number of cyclic esters (lactones) is 1. The zero-order valence-corrected chi connectivity index (χ0v) is 25.7. The molecule has 1 saturated heterocycles. The molecule has 0 radical (unpaired) electrons. The van der Waals surface area contributed by atoms with Gasteiger partial charge in [-0.2, -0.15) is 0 Å². The lowest BCUT2D eigenvalue weighted by Crippen LogP contribution is -2.46. The summed E-state index contributed by atoms with van der Waals surface area (Å²) >= 11 is 0. The van der Waals surface area contributed by atoms with Gasteiger partial charge in [-0.05, 0) is 61.6 Å². The molecular weight excluding hydrogens is 512 g/mol. The van der Waals surface area contributed by atoms with Gasteiger partial charge in [-0.25, -0.2) is 4.98 Å². The number of aliphatic hydroxyl groups excluding tert-OH is 3. The third-order valence-corrected chi connectivity index (χ3v) is 8.89. The predicted molar refractivity (Wildman–Crippen MR) is 154 cm³/mol. The fourth-order valence-corrected chi connectivity index (χ4v) is 5.67. The first-order chi connectivity index (χ1) is 18.6. The number of carbonyl (C=O) groups excluding carboxylic acids is 2.